The summed E-state index contributed by atoms with van der Waals surface area (Å²) in [4.78, 5) is 9.05. The Kier molecular flexibility index (Phi) is 3.89. The summed E-state index contributed by atoms with van der Waals surface area (Å²) >= 11 is 1.41. The molecule has 0 radical (unpaired) electrons. The van der Waals surface area contributed by atoms with Gasteiger partial charge in [0.15, 0.2) is 0 Å². The van der Waals surface area contributed by atoms with Gasteiger partial charge in [-0.15, -0.1) is 0 Å². The first kappa shape index (κ1) is 8.98. The van der Waals surface area contributed by atoms with E-state index in [4.69, 9.17) is 10.5 Å². The van der Waals surface area contributed by atoms with Crippen LogP contribution in [0.25, 0.3) is 0 Å². The average Bonchev–Trinajstić information content (AvgIpc) is 1.63. The van der Waals surface area contributed by atoms with Gasteiger partial charge in [-0.3, -0.25) is 4.79 Å². The minimum absolute atomic E-state index is 0.211. The van der Waals surface area contributed by atoms with Crippen LogP contribution in [0.3, 0.4) is 0 Å². The molecule has 0 heterocycles. The van der Waals surface area contributed by atoms with Gasteiger partial charge in [-0.05, 0) is 18.7 Å². The maximum atomic E-state index is 9.05. The third kappa shape index (κ3) is 4.48. The Morgan fingerprint density at radius 2 is 1.89 bits per heavy atom. The van der Waals surface area contributed by atoms with Crippen molar-refractivity contribution in [1.29, 1.82) is 0 Å². The van der Waals surface area contributed by atoms with Crippen LogP contribution in [-0.2, 0) is 0 Å². The van der Waals surface area contributed by atoms with E-state index >= 15 is 0 Å². The van der Waals surface area contributed by atoms with Crippen LogP contribution in [0.5, 0.6) is 0 Å². The van der Waals surface area contributed by atoms with Crippen LogP contribution in [0.4, 0.5) is 0 Å². The second kappa shape index (κ2) is 3.90. The molecule has 0 bridgehead atoms. The largest absolute Gasteiger partial charge is 0.367 e. The minimum atomic E-state index is -0.211. The molecule has 0 aliphatic rings. The first-order valence-electron chi connectivity index (χ1n) is 3.02. The summed E-state index contributed by atoms with van der Waals surface area (Å²) in [6, 6.07) is -0.211. The molecule has 0 saturated carbocycles. The summed E-state index contributed by atoms with van der Waals surface area (Å²) in [5, 5.41) is 0.737. The van der Waals surface area contributed by atoms with E-state index in [1.807, 2.05) is 13.8 Å². The van der Waals surface area contributed by atoms with Crippen molar-refractivity contribution in [2.75, 3.05) is 0 Å². The predicted molar refractivity (Wildman–Crippen MR) is 43.3 cm³/mol. The van der Waals surface area contributed by atoms with Gasteiger partial charge in [-0.25, -0.2) is 0 Å². The van der Waals surface area contributed by atoms with Gasteiger partial charge in [0, 0.05) is 5.25 Å². The van der Waals surface area contributed by atoms with Gasteiger partial charge in [-0.1, -0.05) is 13.8 Å². The second-order valence-corrected chi connectivity index (χ2v) is 3.89. The molecule has 3 heteroatoms. The lowest BCUT2D eigenvalue weighted by Gasteiger charge is -1.99. The van der Waals surface area contributed by atoms with E-state index in [0.29, 0.717) is 10.4 Å². The van der Waals surface area contributed by atoms with Crippen molar-refractivity contribution >= 4 is 16.9 Å². The SMILES string of the molecule is CC(C)SC(=[OH+])[C@H](C)N. The van der Waals surface area contributed by atoms with E-state index in [-0.39, 0.29) is 6.04 Å². The van der Waals surface area contributed by atoms with Crippen molar-refractivity contribution in [2.24, 2.45) is 5.73 Å². The molecule has 0 aliphatic carbocycles. The monoisotopic (exact) mass is 148 g/mol. The van der Waals surface area contributed by atoms with Gasteiger partial charge in [0.25, 0.3) is 0 Å². The zero-order valence-electron chi connectivity index (χ0n) is 6.09. The van der Waals surface area contributed by atoms with E-state index in [1.54, 1.807) is 6.92 Å². The highest BCUT2D eigenvalue weighted by molar-refractivity contribution is 8.14. The number of carbonyl (C=O) groups excluding carboxylic acids is 1. The lowest BCUT2D eigenvalue weighted by molar-refractivity contribution is 0.661. The van der Waals surface area contributed by atoms with E-state index in [1.165, 1.54) is 11.8 Å². The molecule has 0 amide bonds. The van der Waals surface area contributed by atoms with Gasteiger partial charge in [-0.2, -0.15) is 0 Å². The number of rotatable bonds is 2. The van der Waals surface area contributed by atoms with Crippen LogP contribution >= 0.6 is 11.8 Å². The van der Waals surface area contributed by atoms with E-state index in [2.05, 4.69) is 0 Å². The molecular formula is C6H14NOS+. The van der Waals surface area contributed by atoms with Crippen molar-refractivity contribution < 1.29 is 4.79 Å². The zero-order chi connectivity index (χ0) is 7.44. The third-order valence-electron chi connectivity index (χ3n) is 0.746. The van der Waals surface area contributed by atoms with Crippen LogP contribution in [-0.4, -0.2) is 21.2 Å². The Balaban J connectivity index is 3.51. The van der Waals surface area contributed by atoms with Gasteiger partial charge in [0.1, 0.15) is 6.04 Å². The minimum Gasteiger partial charge on any atom is -0.316 e. The highest BCUT2D eigenvalue weighted by atomic mass is 32.2. The van der Waals surface area contributed by atoms with Crippen molar-refractivity contribution in [1.82, 2.24) is 0 Å². The molecule has 2 nitrogen and oxygen atoms in total. The molecule has 0 spiro atoms. The van der Waals surface area contributed by atoms with Crippen LogP contribution in [0.1, 0.15) is 20.8 Å². The summed E-state index contributed by atoms with van der Waals surface area (Å²) in [6.45, 7) is 5.80. The average molecular weight is 148 g/mol. The number of thioether (sulfide) groups is 1. The van der Waals surface area contributed by atoms with Crippen LogP contribution in [0, 0.1) is 0 Å². The van der Waals surface area contributed by atoms with E-state index < -0.39 is 0 Å². The van der Waals surface area contributed by atoms with Crippen molar-refractivity contribution in [3.8, 4) is 0 Å². The molecule has 0 fully saturated rings. The molecule has 1 atom stereocenters. The third-order valence-corrected chi connectivity index (χ3v) is 1.83. The molecule has 0 aromatic carbocycles. The Bertz CT molecular complexity index is 101. The fraction of sp³-hybridized carbons (Fsp3) is 0.833. The second-order valence-electron chi connectivity index (χ2n) is 2.29. The molecule has 0 aromatic heterocycles. The Labute approximate surface area is 60.2 Å². The summed E-state index contributed by atoms with van der Waals surface area (Å²) in [5.74, 6) is 0. The van der Waals surface area contributed by atoms with Crippen molar-refractivity contribution in [3.05, 3.63) is 0 Å². The van der Waals surface area contributed by atoms with Gasteiger partial charge in [0.2, 0.25) is 0 Å². The molecular weight excluding hydrogens is 134 g/mol. The first-order valence-corrected chi connectivity index (χ1v) is 3.90. The van der Waals surface area contributed by atoms with Crippen LogP contribution in [0.2, 0.25) is 0 Å². The lowest BCUT2D eigenvalue weighted by atomic mass is 10.4. The summed E-state index contributed by atoms with van der Waals surface area (Å²) in [5.41, 5.74) is 5.38. The standard InChI is InChI=1S/C6H13NOS/c1-4(2)9-6(8)5(3)7/h4-5H,7H2,1-3H3/p+1/t5-/m0/s1. The molecule has 3 N–H and O–H groups in total. The molecule has 9 heavy (non-hydrogen) atoms. The fourth-order valence-electron chi connectivity index (χ4n) is 0.349. The highest BCUT2D eigenvalue weighted by Gasteiger charge is 2.16. The summed E-state index contributed by atoms with van der Waals surface area (Å²) in [6.07, 6.45) is 0. The van der Waals surface area contributed by atoms with Crippen LogP contribution < -0.4 is 5.73 Å². The Morgan fingerprint density at radius 1 is 1.44 bits per heavy atom. The molecule has 0 unspecified atom stereocenters. The van der Waals surface area contributed by atoms with Gasteiger partial charge < -0.3 is 5.73 Å². The van der Waals surface area contributed by atoms with Crippen molar-refractivity contribution in [2.45, 2.75) is 32.1 Å². The Hall–Kier alpha value is -0.0200. The molecule has 0 aliphatic heterocycles. The predicted octanol–water partition coefficient (Wildman–Crippen LogP) is 0.978. The fourth-order valence-corrected chi connectivity index (χ4v) is 1.05. The maximum Gasteiger partial charge on any atom is 0.367 e. The lowest BCUT2D eigenvalue weighted by Crippen LogP contribution is -2.25. The van der Waals surface area contributed by atoms with E-state index in [9.17, 15) is 0 Å². The van der Waals surface area contributed by atoms with Gasteiger partial charge in [0.05, 0.1) is 0 Å². The molecule has 0 rings (SSSR count). The smallest absolute Gasteiger partial charge is 0.316 e. The van der Waals surface area contributed by atoms with E-state index in [0.717, 1.165) is 0 Å². The summed E-state index contributed by atoms with van der Waals surface area (Å²) < 4.78 is 0. The zero-order valence-corrected chi connectivity index (χ0v) is 6.90. The number of hydrogen-bond acceptors (Lipinski definition) is 2. The molecule has 54 valence electrons. The molecule has 0 aromatic rings. The topological polar surface area (TPSA) is 47.4 Å². The van der Waals surface area contributed by atoms with Crippen LogP contribution in [0.15, 0.2) is 0 Å². The quantitative estimate of drug-likeness (QED) is 0.593. The Morgan fingerprint density at radius 3 is 2.00 bits per heavy atom. The summed E-state index contributed by atoms with van der Waals surface area (Å²) in [7, 11) is 0. The van der Waals surface area contributed by atoms with Crippen molar-refractivity contribution in [3.63, 3.8) is 0 Å². The highest BCUT2D eigenvalue weighted by Crippen LogP contribution is 2.10. The maximum absolute atomic E-state index is 9.05. The van der Waals surface area contributed by atoms with Gasteiger partial charge >= 0.3 is 5.12 Å². The normalized spacial score (nSPS) is 13.9. The first-order chi connectivity index (χ1) is 4.04. The molecule has 0 saturated heterocycles. The number of nitrogens with two attached hydrogens (primary N) is 1. The number of hydrogen-bond donors (Lipinski definition) is 1.